The van der Waals surface area contributed by atoms with E-state index in [4.69, 9.17) is 9.47 Å². The highest BCUT2D eigenvalue weighted by Gasteiger charge is 2.22. The van der Waals surface area contributed by atoms with Crippen LogP contribution in [0.25, 0.3) is 10.6 Å². The number of carbonyl (C=O) groups excluding carboxylic acids is 1. The molecule has 0 saturated carbocycles. The minimum atomic E-state index is -0.0188. The highest BCUT2D eigenvalue weighted by atomic mass is 32.1. The number of aromatic nitrogens is 2. The van der Waals surface area contributed by atoms with E-state index in [9.17, 15) is 4.79 Å². The molecule has 1 N–H and O–H groups in total. The van der Waals surface area contributed by atoms with Crippen molar-refractivity contribution < 1.29 is 14.3 Å². The Morgan fingerprint density at radius 2 is 1.96 bits per heavy atom. The van der Waals surface area contributed by atoms with Gasteiger partial charge in [-0.1, -0.05) is 17.8 Å². The number of benzene rings is 1. The molecule has 0 aliphatic carbocycles. The number of likely N-dealkylation sites (tertiary alicyclic amines) is 1. The van der Waals surface area contributed by atoms with E-state index in [0.717, 1.165) is 18.5 Å². The highest BCUT2D eigenvalue weighted by molar-refractivity contribution is 7.18. The summed E-state index contributed by atoms with van der Waals surface area (Å²) < 4.78 is 10.6. The molecule has 0 radical (unpaired) electrons. The average Bonchev–Trinajstić information content (AvgIpc) is 3.11. The Balaban J connectivity index is 1.67. The first-order chi connectivity index (χ1) is 12.6. The second-order valence-corrected chi connectivity index (χ2v) is 7.37. The van der Waals surface area contributed by atoms with Gasteiger partial charge in [-0.2, -0.15) is 0 Å². The number of ether oxygens (including phenoxy) is 2. The average molecular weight is 376 g/mol. The molecule has 26 heavy (non-hydrogen) atoms. The number of rotatable bonds is 6. The molecule has 140 valence electrons. The molecule has 1 amide bonds. The molecular weight excluding hydrogens is 352 g/mol. The number of hydrogen-bond acceptors (Lipinski definition) is 7. The SMILES string of the molecule is COc1cc(OC)cc(-c2nnc(NC(=O)CC3CCCCN3C)s2)c1. The van der Waals surface area contributed by atoms with Crippen LogP contribution in [0.4, 0.5) is 5.13 Å². The van der Waals surface area contributed by atoms with Crippen LogP contribution in [0.3, 0.4) is 0 Å². The number of carbonyl (C=O) groups is 1. The van der Waals surface area contributed by atoms with E-state index in [-0.39, 0.29) is 5.91 Å². The second-order valence-electron chi connectivity index (χ2n) is 6.40. The molecule has 7 nitrogen and oxygen atoms in total. The van der Waals surface area contributed by atoms with Crippen LogP contribution in [0.2, 0.25) is 0 Å². The van der Waals surface area contributed by atoms with Crippen molar-refractivity contribution in [3.05, 3.63) is 18.2 Å². The van der Waals surface area contributed by atoms with Gasteiger partial charge in [0.05, 0.1) is 14.2 Å². The lowest BCUT2D eigenvalue weighted by atomic mass is 10.00. The van der Waals surface area contributed by atoms with Crippen LogP contribution in [0.1, 0.15) is 25.7 Å². The first-order valence-corrected chi connectivity index (χ1v) is 9.47. The molecule has 1 aliphatic heterocycles. The topological polar surface area (TPSA) is 76.6 Å². The van der Waals surface area contributed by atoms with Crippen molar-refractivity contribution in [3.63, 3.8) is 0 Å². The summed E-state index contributed by atoms with van der Waals surface area (Å²) in [6, 6.07) is 5.84. The summed E-state index contributed by atoms with van der Waals surface area (Å²) in [6.07, 6.45) is 3.94. The Hall–Kier alpha value is -2.19. The van der Waals surface area contributed by atoms with Crippen LogP contribution >= 0.6 is 11.3 Å². The minimum Gasteiger partial charge on any atom is -0.497 e. The maximum atomic E-state index is 12.3. The third kappa shape index (κ3) is 4.50. The van der Waals surface area contributed by atoms with E-state index in [1.165, 1.54) is 24.2 Å². The van der Waals surface area contributed by atoms with Crippen LogP contribution in [0, 0.1) is 0 Å². The summed E-state index contributed by atoms with van der Waals surface area (Å²) in [5.74, 6) is 1.34. The number of nitrogens with one attached hydrogen (secondary N) is 1. The van der Waals surface area contributed by atoms with Gasteiger partial charge in [0.25, 0.3) is 0 Å². The molecule has 1 saturated heterocycles. The van der Waals surface area contributed by atoms with Crippen molar-refractivity contribution in [3.8, 4) is 22.1 Å². The van der Waals surface area contributed by atoms with Crippen LogP contribution in [0.15, 0.2) is 18.2 Å². The molecule has 0 bridgehead atoms. The van der Waals surface area contributed by atoms with Crippen LogP contribution < -0.4 is 14.8 Å². The number of piperidine rings is 1. The summed E-state index contributed by atoms with van der Waals surface area (Å²) in [5.41, 5.74) is 0.839. The van der Waals surface area contributed by atoms with Crippen LogP contribution in [-0.4, -0.2) is 54.9 Å². The van der Waals surface area contributed by atoms with E-state index in [1.807, 2.05) is 12.1 Å². The van der Waals surface area contributed by atoms with Gasteiger partial charge in [0.2, 0.25) is 11.0 Å². The summed E-state index contributed by atoms with van der Waals surface area (Å²) in [6.45, 7) is 1.05. The molecule has 1 aromatic heterocycles. The predicted octanol–water partition coefficient (Wildman–Crippen LogP) is 3.04. The molecular formula is C18H24N4O3S. The Morgan fingerprint density at radius 1 is 1.23 bits per heavy atom. The van der Waals surface area contributed by atoms with Crippen molar-refractivity contribution in [2.75, 3.05) is 33.1 Å². The normalized spacial score (nSPS) is 17.7. The van der Waals surface area contributed by atoms with E-state index < -0.39 is 0 Å². The van der Waals surface area contributed by atoms with Gasteiger partial charge >= 0.3 is 0 Å². The Morgan fingerprint density at radius 3 is 2.62 bits per heavy atom. The smallest absolute Gasteiger partial charge is 0.227 e. The molecule has 1 fully saturated rings. The van der Waals surface area contributed by atoms with Crippen molar-refractivity contribution in [1.29, 1.82) is 0 Å². The molecule has 2 heterocycles. The fourth-order valence-electron chi connectivity index (χ4n) is 3.11. The molecule has 1 aromatic carbocycles. The Bertz CT molecular complexity index is 742. The van der Waals surface area contributed by atoms with E-state index >= 15 is 0 Å². The highest BCUT2D eigenvalue weighted by Crippen LogP contribution is 2.32. The molecule has 1 unspecified atom stereocenters. The second kappa shape index (κ2) is 8.46. The summed E-state index contributed by atoms with van der Waals surface area (Å²) >= 11 is 1.34. The monoisotopic (exact) mass is 376 g/mol. The van der Waals surface area contributed by atoms with Gasteiger partial charge in [-0.25, -0.2) is 0 Å². The number of hydrogen-bond donors (Lipinski definition) is 1. The standard InChI is InChI=1S/C18H24N4O3S/c1-22-7-5-4-6-13(22)10-16(23)19-18-21-20-17(26-18)12-8-14(24-2)11-15(9-12)25-3/h8-9,11,13H,4-7,10H2,1-3H3,(H,19,21,23). The first-order valence-electron chi connectivity index (χ1n) is 8.66. The molecule has 8 heteroatoms. The van der Waals surface area contributed by atoms with Crippen molar-refractivity contribution in [2.24, 2.45) is 0 Å². The molecule has 1 atom stereocenters. The lowest BCUT2D eigenvalue weighted by Gasteiger charge is -2.31. The third-order valence-electron chi connectivity index (χ3n) is 4.61. The molecule has 2 aromatic rings. The van der Waals surface area contributed by atoms with Gasteiger partial charge in [0.15, 0.2) is 0 Å². The largest absolute Gasteiger partial charge is 0.497 e. The molecule has 0 spiro atoms. The first kappa shape index (κ1) is 18.6. The van der Waals surface area contributed by atoms with Gasteiger partial charge in [-0.15, -0.1) is 10.2 Å². The fraction of sp³-hybridized carbons (Fsp3) is 0.500. The number of nitrogens with zero attached hydrogens (tertiary/aromatic N) is 3. The third-order valence-corrected chi connectivity index (χ3v) is 5.50. The zero-order valence-corrected chi connectivity index (χ0v) is 16.1. The van der Waals surface area contributed by atoms with Gasteiger partial charge in [0, 0.05) is 24.1 Å². The van der Waals surface area contributed by atoms with Gasteiger partial charge in [-0.3, -0.25) is 4.79 Å². The number of amides is 1. The van der Waals surface area contributed by atoms with E-state index in [0.29, 0.717) is 34.1 Å². The lowest BCUT2D eigenvalue weighted by molar-refractivity contribution is -0.117. The zero-order chi connectivity index (χ0) is 18.5. The van der Waals surface area contributed by atoms with Crippen molar-refractivity contribution >= 4 is 22.4 Å². The van der Waals surface area contributed by atoms with Crippen molar-refractivity contribution in [1.82, 2.24) is 15.1 Å². The quantitative estimate of drug-likeness (QED) is 0.835. The fourth-order valence-corrected chi connectivity index (χ4v) is 3.85. The van der Waals surface area contributed by atoms with Gasteiger partial charge in [-0.05, 0) is 38.6 Å². The minimum absolute atomic E-state index is 0.0188. The van der Waals surface area contributed by atoms with E-state index in [2.05, 4.69) is 27.5 Å². The summed E-state index contributed by atoms with van der Waals surface area (Å²) in [5, 5.41) is 12.4. The predicted molar refractivity (Wildman–Crippen MR) is 102 cm³/mol. The summed E-state index contributed by atoms with van der Waals surface area (Å²) in [4.78, 5) is 14.6. The zero-order valence-electron chi connectivity index (χ0n) is 15.3. The maximum Gasteiger partial charge on any atom is 0.227 e. The lowest BCUT2D eigenvalue weighted by Crippen LogP contribution is -2.38. The van der Waals surface area contributed by atoms with Crippen LogP contribution in [-0.2, 0) is 4.79 Å². The Kier molecular flexibility index (Phi) is 6.05. The number of anilines is 1. The number of methoxy groups -OCH3 is 2. The Labute approximate surface area is 157 Å². The molecule has 3 rings (SSSR count). The van der Waals surface area contributed by atoms with Crippen LogP contribution in [0.5, 0.6) is 11.5 Å². The maximum absolute atomic E-state index is 12.3. The molecule has 1 aliphatic rings. The van der Waals surface area contributed by atoms with Crippen molar-refractivity contribution in [2.45, 2.75) is 31.7 Å². The van der Waals surface area contributed by atoms with E-state index in [1.54, 1.807) is 20.3 Å². The van der Waals surface area contributed by atoms with Gasteiger partial charge in [0.1, 0.15) is 16.5 Å². The van der Waals surface area contributed by atoms with Gasteiger partial charge < -0.3 is 19.7 Å². The summed E-state index contributed by atoms with van der Waals surface area (Å²) in [7, 11) is 5.29.